The summed E-state index contributed by atoms with van der Waals surface area (Å²) < 4.78 is 7.08. The Kier molecular flexibility index (Phi) is 3.85. The summed E-state index contributed by atoms with van der Waals surface area (Å²) in [5, 5.41) is 11.5. The van der Waals surface area contributed by atoms with Crippen LogP contribution in [0.1, 0.15) is 18.9 Å². The molecule has 0 amide bonds. The molecule has 0 saturated heterocycles. The summed E-state index contributed by atoms with van der Waals surface area (Å²) in [6, 6.07) is 7.79. The quantitative estimate of drug-likeness (QED) is 0.738. The van der Waals surface area contributed by atoms with Crippen LogP contribution in [0.2, 0.25) is 0 Å². The van der Waals surface area contributed by atoms with Crippen LogP contribution in [0.3, 0.4) is 0 Å². The summed E-state index contributed by atoms with van der Waals surface area (Å²) in [6.45, 7) is 2.81. The molecule has 88 valence electrons. The van der Waals surface area contributed by atoms with Crippen LogP contribution in [0.15, 0.2) is 42.0 Å². The monoisotopic (exact) mass is 230 g/mol. The first-order valence-electron chi connectivity index (χ1n) is 5.50. The van der Waals surface area contributed by atoms with Gasteiger partial charge in [-0.05, 0) is 24.1 Å². The van der Waals surface area contributed by atoms with Gasteiger partial charge in [-0.2, -0.15) is 5.10 Å². The molecular formula is C12H14N4O. The smallest absolute Gasteiger partial charge is 0.141 e. The Morgan fingerprint density at radius 3 is 2.94 bits per heavy atom. The summed E-state index contributed by atoms with van der Waals surface area (Å²) in [5.41, 5.74) is 0.979. The van der Waals surface area contributed by atoms with Gasteiger partial charge in [0.05, 0.1) is 12.8 Å². The molecule has 0 aliphatic carbocycles. The van der Waals surface area contributed by atoms with Gasteiger partial charge in [-0.15, -0.1) is 10.2 Å². The van der Waals surface area contributed by atoms with Gasteiger partial charge in [0.25, 0.3) is 0 Å². The zero-order chi connectivity index (χ0) is 11.9. The van der Waals surface area contributed by atoms with Gasteiger partial charge in [-0.25, -0.2) is 4.68 Å². The average molecular weight is 230 g/mol. The Labute approximate surface area is 99.8 Å². The first-order valence-corrected chi connectivity index (χ1v) is 5.50. The molecule has 2 aromatic rings. The van der Waals surface area contributed by atoms with Crippen molar-refractivity contribution in [1.82, 2.24) is 14.9 Å². The van der Waals surface area contributed by atoms with Crippen molar-refractivity contribution in [2.24, 2.45) is 5.10 Å². The highest BCUT2D eigenvalue weighted by molar-refractivity contribution is 5.80. The zero-order valence-electron chi connectivity index (χ0n) is 9.65. The van der Waals surface area contributed by atoms with Crippen LogP contribution >= 0.6 is 0 Å². The van der Waals surface area contributed by atoms with E-state index < -0.39 is 0 Å². The predicted octanol–water partition coefficient (Wildman–Crippen LogP) is 1.95. The number of benzene rings is 1. The topological polar surface area (TPSA) is 52.3 Å². The summed E-state index contributed by atoms with van der Waals surface area (Å²) in [4.78, 5) is 0. The molecule has 0 saturated carbocycles. The molecule has 0 unspecified atom stereocenters. The Balaban J connectivity index is 2.05. The predicted molar refractivity (Wildman–Crippen MR) is 65.2 cm³/mol. The fourth-order valence-electron chi connectivity index (χ4n) is 1.29. The molecule has 0 radical (unpaired) electrons. The van der Waals surface area contributed by atoms with Crippen molar-refractivity contribution in [3.63, 3.8) is 0 Å². The van der Waals surface area contributed by atoms with Crippen LogP contribution in [0.5, 0.6) is 5.75 Å². The lowest BCUT2D eigenvalue weighted by Gasteiger charge is -2.04. The molecule has 0 bridgehead atoms. The molecule has 0 fully saturated rings. The minimum atomic E-state index is 0.728. The van der Waals surface area contributed by atoms with E-state index in [0.29, 0.717) is 0 Å². The zero-order valence-corrected chi connectivity index (χ0v) is 9.65. The van der Waals surface area contributed by atoms with Crippen molar-refractivity contribution in [3.05, 3.63) is 42.5 Å². The minimum absolute atomic E-state index is 0.728. The van der Waals surface area contributed by atoms with E-state index in [0.717, 1.165) is 24.3 Å². The van der Waals surface area contributed by atoms with Crippen molar-refractivity contribution in [1.29, 1.82) is 0 Å². The molecule has 1 aromatic carbocycles. The third kappa shape index (κ3) is 3.41. The molecule has 0 aliphatic heterocycles. The molecule has 17 heavy (non-hydrogen) atoms. The molecule has 2 rings (SSSR count). The van der Waals surface area contributed by atoms with E-state index in [1.807, 2.05) is 24.3 Å². The van der Waals surface area contributed by atoms with E-state index in [1.165, 1.54) is 12.7 Å². The molecular weight excluding hydrogens is 216 g/mol. The Bertz CT molecular complexity index is 479. The van der Waals surface area contributed by atoms with Crippen molar-refractivity contribution in [2.75, 3.05) is 6.61 Å². The van der Waals surface area contributed by atoms with Crippen molar-refractivity contribution in [2.45, 2.75) is 13.3 Å². The lowest BCUT2D eigenvalue weighted by atomic mass is 10.2. The highest BCUT2D eigenvalue weighted by Gasteiger charge is 1.94. The van der Waals surface area contributed by atoms with E-state index in [4.69, 9.17) is 4.74 Å². The van der Waals surface area contributed by atoms with Gasteiger partial charge in [0, 0.05) is 0 Å². The third-order valence-corrected chi connectivity index (χ3v) is 2.08. The van der Waals surface area contributed by atoms with Crippen molar-refractivity contribution >= 4 is 6.21 Å². The molecule has 0 N–H and O–H groups in total. The SMILES string of the molecule is CCCOc1cccc(/C=N\n2cnnc2)c1. The molecule has 5 heteroatoms. The molecule has 1 aromatic heterocycles. The Morgan fingerprint density at radius 1 is 1.35 bits per heavy atom. The second-order valence-electron chi connectivity index (χ2n) is 3.51. The maximum absolute atomic E-state index is 5.54. The molecule has 0 atom stereocenters. The second kappa shape index (κ2) is 5.79. The van der Waals surface area contributed by atoms with Gasteiger partial charge in [-0.3, -0.25) is 0 Å². The van der Waals surface area contributed by atoms with Crippen molar-refractivity contribution < 1.29 is 4.74 Å². The first-order chi connectivity index (χ1) is 8.38. The molecule has 5 nitrogen and oxygen atoms in total. The summed E-state index contributed by atoms with van der Waals surface area (Å²) in [5.74, 6) is 0.861. The highest BCUT2D eigenvalue weighted by atomic mass is 16.5. The van der Waals surface area contributed by atoms with E-state index in [2.05, 4.69) is 22.2 Å². The summed E-state index contributed by atoms with van der Waals surface area (Å²) in [6.07, 6.45) is 5.81. The van der Waals surface area contributed by atoms with Gasteiger partial charge < -0.3 is 4.74 Å². The summed E-state index contributed by atoms with van der Waals surface area (Å²) in [7, 11) is 0. The lowest BCUT2D eigenvalue weighted by Crippen LogP contribution is -1.95. The number of rotatable bonds is 5. The van der Waals surface area contributed by atoms with Crippen LogP contribution in [-0.2, 0) is 0 Å². The second-order valence-corrected chi connectivity index (χ2v) is 3.51. The normalized spacial score (nSPS) is 10.9. The van der Waals surface area contributed by atoms with Crippen LogP contribution in [0, 0.1) is 0 Å². The summed E-state index contributed by atoms with van der Waals surface area (Å²) >= 11 is 0. The van der Waals surface area contributed by atoms with Gasteiger partial charge in [0.2, 0.25) is 0 Å². The van der Waals surface area contributed by atoms with Crippen LogP contribution in [0.25, 0.3) is 0 Å². The van der Waals surface area contributed by atoms with Crippen LogP contribution in [0.4, 0.5) is 0 Å². The molecule has 0 aliphatic rings. The number of aromatic nitrogens is 3. The third-order valence-electron chi connectivity index (χ3n) is 2.08. The molecule has 1 heterocycles. The highest BCUT2D eigenvalue weighted by Crippen LogP contribution is 2.12. The standard InChI is InChI=1S/C12H14N4O/c1-2-6-17-12-5-3-4-11(7-12)8-15-16-9-13-14-10-16/h3-5,7-10H,2,6H2,1H3/b15-8-. The van der Waals surface area contributed by atoms with Crippen LogP contribution < -0.4 is 4.74 Å². The Hall–Kier alpha value is -2.17. The van der Waals surface area contributed by atoms with Gasteiger partial charge in [-0.1, -0.05) is 19.1 Å². The van der Waals surface area contributed by atoms with Gasteiger partial charge in [0.15, 0.2) is 0 Å². The van der Waals surface area contributed by atoms with Crippen molar-refractivity contribution in [3.8, 4) is 5.75 Å². The maximum atomic E-state index is 5.54. The number of hydrogen-bond donors (Lipinski definition) is 0. The lowest BCUT2D eigenvalue weighted by molar-refractivity contribution is 0.317. The Morgan fingerprint density at radius 2 is 2.18 bits per heavy atom. The number of hydrogen-bond acceptors (Lipinski definition) is 4. The largest absolute Gasteiger partial charge is 0.494 e. The van der Waals surface area contributed by atoms with E-state index >= 15 is 0 Å². The number of ether oxygens (including phenoxy) is 1. The first kappa shape index (κ1) is 11.3. The van der Waals surface area contributed by atoms with E-state index in [-0.39, 0.29) is 0 Å². The fourth-order valence-corrected chi connectivity index (χ4v) is 1.29. The average Bonchev–Trinajstić information content (AvgIpc) is 2.87. The minimum Gasteiger partial charge on any atom is -0.494 e. The van der Waals surface area contributed by atoms with Gasteiger partial charge in [0.1, 0.15) is 18.4 Å². The molecule has 0 spiro atoms. The maximum Gasteiger partial charge on any atom is 0.141 e. The number of nitrogens with zero attached hydrogens (tertiary/aromatic N) is 4. The fraction of sp³-hybridized carbons (Fsp3) is 0.250. The van der Waals surface area contributed by atoms with Gasteiger partial charge >= 0.3 is 0 Å². The van der Waals surface area contributed by atoms with E-state index in [1.54, 1.807) is 10.9 Å². The van der Waals surface area contributed by atoms with E-state index in [9.17, 15) is 0 Å². The van der Waals surface area contributed by atoms with Crippen LogP contribution in [-0.4, -0.2) is 27.7 Å².